The van der Waals surface area contributed by atoms with Gasteiger partial charge >= 0.3 is 17.7 Å². The number of aryl methyl sites for hydroxylation is 3. The summed E-state index contributed by atoms with van der Waals surface area (Å²) in [6.45, 7) is 7.90. The van der Waals surface area contributed by atoms with Crippen molar-refractivity contribution >= 4 is 68.3 Å². The summed E-state index contributed by atoms with van der Waals surface area (Å²) in [7, 11) is 0. The van der Waals surface area contributed by atoms with Crippen LogP contribution in [0.4, 0.5) is 17.5 Å². The molecule has 3 amide bonds. The summed E-state index contributed by atoms with van der Waals surface area (Å²) in [6, 6.07) is -7.92. The fourth-order valence-electron chi connectivity index (χ4n) is 7.96. The number of nitrogens with zero attached hydrogens (tertiary/aromatic N) is 15. The minimum Gasteiger partial charge on any atom is -0.354 e. The van der Waals surface area contributed by atoms with Crippen molar-refractivity contribution in [3.8, 4) is 0 Å². The number of hydrogen-bond acceptors (Lipinski definition) is 12. The van der Waals surface area contributed by atoms with Crippen LogP contribution in [0.2, 0.25) is 0 Å². The Labute approximate surface area is 457 Å². The van der Waals surface area contributed by atoms with E-state index in [0.29, 0.717) is 26.1 Å². The van der Waals surface area contributed by atoms with Crippen LogP contribution in [-0.2, 0) is 14.4 Å². The van der Waals surface area contributed by atoms with Gasteiger partial charge in [-0.05, 0) is 75.9 Å². The lowest BCUT2D eigenvalue weighted by atomic mass is 9.92. The first-order chi connectivity index (χ1) is 44.8. The van der Waals surface area contributed by atoms with Gasteiger partial charge in [0.15, 0.2) is 0 Å². The Hall–Kier alpha value is -7.86. The van der Waals surface area contributed by atoms with E-state index in [0.717, 1.165) is 9.80 Å². The molecule has 3 N–H and O–H groups in total. The predicted molar refractivity (Wildman–Crippen MR) is 278 cm³/mol. The maximum Gasteiger partial charge on any atom is 0.302 e. The molecule has 21 heteroatoms. The Balaban J connectivity index is 0.000000207. The second-order valence-electron chi connectivity index (χ2n) is 16.6. The van der Waals surface area contributed by atoms with E-state index < -0.39 is 164 Å². The molecule has 0 saturated carbocycles. The first kappa shape index (κ1) is 27.7. The normalized spacial score (nSPS) is 32.1. The van der Waals surface area contributed by atoms with Crippen LogP contribution in [0.5, 0.6) is 0 Å². The largest absolute Gasteiger partial charge is 0.354 e. The average Bonchev–Trinajstić information content (AvgIpc) is 0.930. The molecule has 378 valence electrons. The van der Waals surface area contributed by atoms with Crippen LogP contribution in [0, 0.1) is 58.2 Å². The predicted octanol–water partition coefficient (Wildman–Crippen LogP) is 5.58. The van der Waals surface area contributed by atoms with Gasteiger partial charge in [-0.1, -0.05) is 20.6 Å². The zero-order chi connectivity index (χ0) is 74.1. The maximum absolute atomic E-state index is 12.5. The maximum atomic E-state index is 12.5. The van der Waals surface area contributed by atoms with Crippen LogP contribution in [0.15, 0.2) is 37.0 Å². The van der Waals surface area contributed by atoms with Crippen LogP contribution in [0.25, 0.3) is 47.6 Å². The standard InChI is InChI=1S/3C17H22N6O/c3*1-11-5-6-23(15(24)8-18-3)9-14(11)22(4)17-13-7-12(2)21-16(13)19-10-20-17/h3*7,10-11,14H,5-6,8-9H2,1-2,4H3,(H,19,20,21)/t3*11-,14+/m111/s1/i1D3,4D3,7D,10D,11D,14D;4D3,7D,10D,11D,14D;1D3,4D3,7D,10D,14D. The number of anilines is 3. The smallest absolute Gasteiger partial charge is 0.302 e. The number of aromatic amines is 3. The molecule has 0 aromatic carbocycles. The minimum absolute atomic E-state index is 0.00528. The van der Waals surface area contributed by atoms with Crippen molar-refractivity contribution in [3.05, 3.63) is 88.4 Å². The van der Waals surface area contributed by atoms with Gasteiger partial charge in [-0.3, -0.25) is 14.4 Å². The van der Waals surface area contributed by atoms with E-state index in [1.54, 1.807) is 13.8 Å². The number of hydrogen-bond donors (Lipinski definition) is 3. The summed E-state index contributed by atoms with van der Waals surface area (Å²) in [4.78, 5) is 82.9. The molecule has 6 aromatic rings. The van der Waals surface area contributed by atoms with Gasteiger partial charge in [0.05, 0.1) is 42.4 Å². The van der Waals surface area contributed by atoms with Crippen molar-refractivity contribution in [2.24, 2.45) is 17.7 Å². The lowest BCUT2D eigenvalue weighted by Crippen LogP contribution is -2.53. The number of aromatic nitrogens is 9. The number of piperidine rings is 3. The van der Waals surface area contributed by atoms with Crippen molar-refractivity contribution in [2.75, 3.05) is 94.5 Å². The van der Waals surface area contributed by atoms with E-state index in [1.807, 2.05) is 0 Å². The zero-order valence-electron chi connectivity index (χ0n) is 65.5. The first-order valence-corrected chi connectivity index (χ1v) is 22.1. The van der Waals surface area contributed by atoms with E-state index in [-0.39, 0.29) is 95.2 Å². The van der Waals surface area contributed by atoms with Crippen LogP contribution in [0.3, 0.4) is 0 Å². The number of amides is 3. The third-order valence-electron chi connectivity index (χ3n) is 11.7. The minimum atomic E-state index is -3.27. The van der Waals surface area contributed by atoms with E-state index in [2.05, 4.69) is 59.4 Å². The fraction of sp³-hybridized carbons (Fsp3) is 0.529. The molecule has 0 radical (unpaired) electrons. The molecule has 0 aliphatic carbocycles. The summed E-state index contributed by atoms with van der Waals surface area (Å²) in [5, 5.41) is -0.203. The van der Waals surface area contributed by atoms with E-state index in [9.17, 15) is 17.1 Å². The highest BCUT2D eigenvalue weighted by Gasteiger charge is 2.36. The number of rotatable bonds is 9. The van der Waals surface area contributed by atoms with Gasteiger partial charge in [-0.15, -0.1) is 0 Å². The summed E-state index contributed by atoms with van der Waals surface area (Å²) in [6.07, 6.45) is -2.54. The van der Waals surface area contributed by atoms with Crippen molar-refractivity contribution < 1.29 is 50.0 Å². The molecular formula is C51H66N18O3. The molecule has 21 nitrogen and oxygen atoms in total. The van der Waals surface area contributed by atoms with Gasteiger partial charge in [0, 0.05) is 101 Å². The zero-order valence-corrected chi connectivity index (χ0v) is 39.5. The Morgan fingerprint density at radius 3 is 1.33 bits per heavy atom. The summed E-state index contributed by atoms with van der Waals surface area (Å²) in [5.74, 6) is -9.18. The average molecular weight is 1010 g/mol. The Kier molecular flexibility index (Phi) is 8.81. The van der Waals surface area contributed by atoms with Crippen LogP contribution in [-0.4, -0.2) is 175 Å². The summed E-state index contributed by atoms with van der Waals surface area (Å²) < 4.78 is 215. The molecule has 3 aliphatic rings. The lowest BCUT2D eigenvalue weighted by molar-refractivity contribution is -0.131. The Morgan fingerprint density at radius 2 is 0.958 bits per heavy atom. The van der Waals surface area contributed by atoms with Gasteiger partial charge < -0.3 is 58.9 Å². The second-order valence-corrected chi connectivity index (χ2v) is 16.6. The Bertz CT molecular complexity index is 4200. The molecule has 6 aromatic heterocycles. The number of likely N-dealkylation sites (tertiary alicyclic amines) is 3. The molecule has 3 aliphatic heterocycles. The third kappa shape index (κ3) is 11.5. The molecule has 9 heterocycles. The number of carbonyl (C=O) groups is 3. The first-order valence-electron chi connectivity index (χ1n) is 35.1. The molecule has 3 saturated heterocycles. The third-order valence-corrected chi connectivity index (χ3v) is 11.7. The molecule has 72 heavy (non-hydrogen) atoms. The topological polar surface area (TPSA) is 208 Å². The number of nitrogens with one attached hydrogen (secondary N) is 3. The molecule has 0 bridgehead atoms. The van der Waals surface area contributed by atoms with Gasteiger partial charge in [0.2, 0.25) is 0 Å². The van der Waals surface area contributed by atoms with Gasteiger partial charge in [0.1, 0.15) is 57.4 Å². The van der Waals surface area contributed by atoms with Crippen LogP contribution in [0.1, 0.15) is 92.6 Å². The van der Waals surface area contributed by atoms with Crippen LogP contribution < -0.4 is 14.7 Å². The molecule has 0 unspecified atom stereocenters. The highest BCUT2D eigenvalue weighted by Crippen LogP contribution is 2.32. The molecule has 0 spiro atoms. The molecule has 9 rings (SSSR count). The fourth-order valence-corrected chi connectivity index (χ4v) is 7.96. The van der Waals surface area contributed by atoms with Gasteiger partial charge in [-0.2, -0.15) is 0 Å². The number of likely N-dealkylation sites (N-methyl/N-ethyl adjacent to an activating group) is 3. The van der Waals surface area contributed by atoms with Gasteiger partial charge in [0.25, 0.3) is 19.6 Å². The molecule has 3 fully saturated rings. The highest BCUT2D eigenvalue weighted by atomic mass is 16.2. The van der Waals surface area contributed by atoms with Crippen molar-refractivity contribution in [3.63, 3.8) is 0 Å². The monoisotopic (exact) mass is 1000 g/mol. The van der Waals surface area contributed by atoms with Crippen molar-refractivity contribution in [2.45, 2.75) is 78.7 Å². The van der Waals surface area contributed by atoms with Crippen LogP contribution >= 0.6 is 0 Å². The quantitative estimate of drug-likeness (QED) is 0.152. The highest BCUT2D eigenvalue weighted by molar-refractivity contribution is 5.90. The van der Waals surface area contributed by atoms with Gasteiger partial charge in [-0.25, -0.2) is 49.6 Å². The number of carbonyl (C=O) groups excluding carboxylic acids is 3. The van der Waals surface area contributed by atoms with Crippen molar-refractivity contribution in [1.82, 2.24) is 59.6 Å². The number of fused-ring (bicyclic) bond motifs is 3. The van der Waals surface area contributed by atoms with E-state index in [1.165, 1.54) is 18.7 Å². The molecular weight excluding hydrogens is 913 g/mol. The SMILES string of the molecule is [2H]c1nc(N(C([2H])([2H])[2H])[C@@]2([2H])CN(C(=O)C[N+]#[C-])CC[C@@]2([2H])C([2H])([2H])[2H])c2c([2H])c(C)[nH]c2n1.[2H]c1nc(N(C([2H])([2H])[2H])[C@@]2([2H])CN(C(=O)C[N+]#[C-])CC[C@@]2([2H])C)c2c([2H])c(C)[nH]c2n1.[2H]c1nc(N(C([2H])([2H])[2H])[C@@]2([2H])CN(C(=O)C[N+]#[C-])CC[C@H]2C([2H])([2H])[2H])c2c([2H])c(C)[nH]c2n1. The van der Waals surface area contributed by atoms with E-state index in [4.69, 9.17) is 52.6 Å². The molecule has 6 atom stereocenters. The van der Waals surface area contributed by atoms with Crippen molar-refractivity contribution in [1.29, 1.82) is 0 Å². The lowest BCUT2D eigenvalue weighted by Gasteiger charge is -2.41. The summed E-state index contributed by atoms with van der Waals surface area (Å²) in [5.41, 5.74) is 1.00. The Morgan fingerprint density at radius 1 is 0.597 bits per heavy atom. The number of H-pyrrole nitrogens is 3. The second kappa shape index (κ2) is 22.9. The van der Waals surface area contributed by atoms with E-state index >= 15 is 0 Å². The summed E-state index contributed by atoms with van der Waals surface area (Å²) >= 11 is 0.